The number of hydrogen-bond acceptors (Lipinski definition) is 8. The molecule has 30 heavy (non-hydrogen) atoms. The monoisotopic (exact) mass is 473 g/mol. The fourth-order valence-electron chi connectivity index (χ4n) is 2.76. The number of hydrazone groups is 1. The summed E-state index contributed by atoms with van der Waals surface area (Å²) in [6.45, 7) is 2.11. The average molecular weight is 475 g/mol. The van der Waals surface area contributed by atoms with Gasteiger partial charge in [0.2, 0.25) is 0 Å². The third kappa shape index (κ3) is 4.73. The van der Waals surface area contributed by atoms with Crippen molar-refractivity contribution in [2.75, 3.05) is 36.6 Å². The number of benzene rings is 1. The molecule has 1 aromatic heterocycles. The zero-order valence-corrected chi connectivity index (χ0v) is 17.4. The number of morpholine rings is 1. The van der Waals surface area contributed by atoms with E-state index in [9.17, 15) is 14.9 Å². The van der Waals surface area contributed by atoms with Crippen LogP contribution in [0.25, 0.3) is 0 Å². The molecule has 1 aliphatic heterocycles. The Morgan fingerprint density at radius 1 is 1.30 bits per heavy atom. The van der Waals surface area contributed by atoms with Crippen molar-refractivity contribution in [1.82, 2.24) is 4.98 Å². The number of anilines is 2. The van der Waals surface area contributed by atoms with Gasteiger partial charge in [-0.05, 0) is 6.07 Å². The van der Waals surface area contributed by atoms with Gasteiger partial charge in [-0.1, -0.05) is 40.9 Å². The molecule has 0 spiro atoms. The molecule has 2 N–H and O–H groups in total. The van der Waals surface area contributed by atoms with Gasteiger partial charge >= 0.3 is 5.97 Å². The van der Waals surface area contributed by atoms with Crippen molar-refractivity contribution in [3.63, 3.8) is 0 Å². The second-order valence-corrected chi connectivity index (χ2v) is 7.15. The van der Waals surface area contributed by atoms with Crippen molar-refractivity contribution in [2.45, 2.75) is 0 Å². The van der Waals surface area contributed by atoms with E-state index < -0.39 is 16.6 Å². The highest BCUT2D eigenvalue weighted by atomic mass is 35.5. The predicted molar refractivity (Wildman–Crippen MR) is 114 cm³/mol. The molecule has 10 nitrogen and oxygen atoms in total. The lowest BCUT2D eigenvalue weighted by atomic mass is 10.1. The summed E-state index contributed by atoms with van der Waals surface area (Å²) < 4.78 is 5.28. The number of carboxylic acid groups (broad SMARTS) is 1. The Morgan fingerprint density at radius 2 is 2.00 bits per heavy atom. The molecule has 1 aliphatic rings. The van der Waals surface area contributed by atoms with Gasteiger partial charge in [0, 0.05) is 24.7 Å². The summed E-state index contributed by atoms with van der Waals surface area (Å²) in [6.07, 6.45) is 1.30. The molecule has 3 rings (SSSR count). The largest absolute Gasteiger partial charge is 0.476 e. The van der Waals surface area contributed by atoms with E-state index in [1.165, 1.54) is 12.3 Å². The second kappa shape index (κ2) is 9.43. The van der Waals surface area contributed by atoms with Gasteiger partial charge in [-0.25, -0.2) is 9.78 Å². The summed E-state index contributed by atoms with van der Waals surface area (Å²) >= 11 is 17.9. The van der Waals surface area contributed by atoms with Crippen LogP contribution >= 0.6 is 34.8 Å². The minimum atomic E-state index is -1.39. The molecule has 1 aromatic carbocycles. The summed E-state index contributed by atoms with van der Waals surface area (Å²) in [5, 5.41) is 23.9. The lowest BCUT2D eigenvalue weighted by molar-refractivity contribution is -0.384. The van der Waals surface area contributed by atoms with Crippen molar-refractivity contribution in [1.29, 1.82) is 0 Å². The third-order valence-corrected chi connectivity index (χ3v) is 5.28. The number of nitro benzene ring substituents is 1. The van der Waals surface area contributed by atoms with Gasteiger partial charge < -0.3 is 14.7 Å². The Hall–Kier alpha value is -2.66. The first-order chi connectivity index (χ1) is 14.3. The maximum atomic E-state index is 11.5. The molecule has 13 heteroatoms. The Bertz CT molecular complexity index is 1030. The highest BCUT2D eigenvalue weighted by molar-refractivity contribution is 6.46. The van der Waals surface area contributed by atoms with Crippen LogP contribution in [-0.4, -0.2) is 53.5 Å². The van der Waals surface area contributed by atoms with Crippen LogP contribution in [0.15, 0.2) is 23.3 Å². The maximum absolute atomic E-state index is 11.5. The topological polar surface area (TPSA) is 130 Å². The number of rotatable bonds is 6. The van der Waals surface area contributed by atoms with Crippen LogP contribution in [-0.2, 0) is 4.74 Å². The first-order valence-corrected chi connectivity index (χ1v) is 9.61. The molecule has 0 saturated carbocycles. The zero-order chi connectivity index (χ0) is 21.8. The van der Waals surface area contributed by atoms with Gasteiger partial charge in [-0.3, -0.25) is 15.5 Å². The molecule has 0 unspecified atom stereocenters. The standard InChI is InChI=1S/C17H14Cl3N5O5/c18-12-14(13(19)16(20)22-15(12)17(26)27)23-21-8-9-1-2-10(11(7-9)25(28)29)24-3-5-30-6-4-24/h1-2,7-8H,3-6H2,(H,22,23)(H,26,27)/b21-8+. The van der Waals surface area contributed by atoms with E-state index >= 15 is 0 Å². The molecule has 2 heterocycles. The minimum absolute atomic E-state index is 0.0496. The summed E-state index contributed by atoms with van der Waals surface area (Å²) in [5.74, 6) is -1.39. The number of nitrogens with one attached hydrogen (secondary N) is 1. The van der Waals surface area contributed by atoms with Crippen LogP contribution in [0.4, 0.5) is 17.1 Å². The highest BCUT2D eigenvalue weighted by Crippen LogP contribution is 2.37. The van der Waals surface area contributed by atoms with E-state index in [1.54, 1.807) is 12.1 Å². The van der Waals surface area contributed by atoms with Crippen molar-refractivity contribution in [2.24, 2.45) is 5.10 Å². The first-order valence-electron chi connectivity index (χ1n) is 8.47. The Kier molecular flexibility index (Phi) is 6.93. The first kappa shape index (κ1) is 22.0. The van der Waals surface area contributed by atoms with Gasteiger partial charge in [0.1, 0.15) is 15.7 Å². The summed E-state index contributed by atoms with van der Waals surface area (Å²) in [5.41, 5.74) is 2.82. The number of hydrogen-bond donors (Lipinski definition) is 2. The van der Waals surface area contributed by atoms with Gasteiger partial charge in [-0.15, -0.1) is 0 Å². The number of carboxylic acids is 1. The Balaban J connectivity index is 1.86. The molecule has 0 atom stereocenters. The van der Waals surface area contributed by atoms with E-state index in [2.05, 4.69) is 15.5 Å². The number of aromatic carboxylic acids is 1. The van der Waals surface area contributed by atoms with Gasteiger partial charge in [0.05, 0.1) is 30.0 Å². The van der Waals surface area contributed by atoms with E-state index in [-0.39, 0.29) is 26.6 Å². The molecular weight excluding hydrogens is 461 g/mol. The highest BCUT2D eigenvalue weighted by Gasteiger charge is 2.22. The van der Waals surface area contributed by atoms with E-state index in [0.717, 1.165) is 0 Å². The van der Waals surface area contributed by atoms with Crippen LogP contribution in [0.3, 0.4) is 0 Å². The number of pyridine rings is 1. The number of nitrogens with zero attached hydrogens (tertiary/aromatic N) is 4. The smallest absolute Gasteiger partial charge is 0.356 e. The lowest BCUT2D eigenvalue weighted by Gasteiger charge is -2.28. The molecule has 0 amide bonds. The fraction of sp³-hybridized carbons (Fsp3) is 0.235. The lowest BCUT2D eigenvalue weighted by Crippen LogP contribution is -2.36. The average Bonchev–Trinajstić information content (AvgIpc) is 2.73. The van der Waals surface area contributed by atoms with E-state index in [4.69, 9.17) is 44.6 Å². The molecule has 158 valence electrons. The zero-order valence-electron chi connectivity index (χ0n) is 15.1. The fourth-order valence-corrected chi connectivity index (χ4v) is 3.43. The molecular formula is C17H14Cl3N5O5. The Morgan fingerprint density at radius 3 is 2.63 bits per heavy atom. The number of nitro groups is 1. The van der Waals surface area contributed by atoms with Crippen LogP contribution in [0.5, 0.6) is 0 Å². The number of ether oxygens (including phenoxy) is 1. The normalized spacial score (nSPS) is 14.2. The maximum Gasteiger partial charge on any atom is 0.356 e. The van der Waals surface area contributed by atoms with Gasteiger partial charge in [0.25, 0.3) is 5.69 Å². The van der Waals surface area contributed by atoms with E-state index in [0.29, 0.717) is 37.6 Å². The van der Waals surface area contributed by atoms with Crippen molar-refractivity contribution >= 4 is 64.0 Å². The predicted octanol–water partition coefficient (Wildman–Crippen LogP) is 3.93. The van der Waals surface area contributed by atoms with Crippen molar-refractivity contribution in [3.8, 4) is 0 Å². The van der Waals surface area contributed by atoms with Gasteiger partial charge in [0.15, 0.2) is 10.8 Å². The quantitative estimate of drug-likeness (QED) is 0.279. The number of aromatic nitrogens is 1. The van der Waals surface area contributed by atoms with Crippen molar-refractivity contribution in [3.05, 3.63) is 54.8 Å². The van der Waals surface area contributed by atoms with Crippen LogP contribution in [0, 0.1) is 10.1 Å². The van der Waals surface area contributed by atoms with E-state index in [1.807, 2.05) is 4.90 Å². The molecule has 1 saturated heterocycles. The molecule has 0 radical (unpaired) electrons. The molecule has 0 aliphatic carbocycles. The van der Waals surface area contributed by atoms with Crippen molar-refractivity contribution < 1.29 is 19.6 Å². The SMILES string of the molecule is O=C(O)c1nc(Cl)c(Cl)c(N/N=C/c2ccc(N3CCOCC3)c([N+](=O)[O-])c2)c1Cl. The number of carbonyl (C=O) groups is 1. The summed E-state index contributed by atoms with van der Waals surface area (Å²) in [6, 6.07) is 4.67. The second-order valence-electron chi connectivity index (χ2n) is 6.03. The van der Waals surface area contributed by atoms with Gasteiger partial charge in [-0.2, -0.15) is 5.10 Å². The molecule has 1 fully saturated rings. The summed E-state index contributed by atoms with van der Waals surface area (Å²) in [4.78, 5) is 27.7. The van der Waals surface area contributed by atoms with Crippen LogP contribution in [0.2, 0.25) is 15.2 Å². The third-order valence-electron chi connectivity index (χ3n) is 4.18. The summed E-state index contributed by atoms with van der Waals surface area (Å²) in [7, 11) is 0. The molecule has 0 bridgehead atoms. The van der Waals surface area contributed by atoms with Crippen LogP contribution in [0.1, 0.15) is 16.1 Å². The molecule has 2 aromatic rings. The van der Waals surface area contributed by atoms with Crippen LogP contribution < -0.4 is 10.3 Å². The Labute approximate surface area is 185 Å². The minimum Gasteiger partial charge on any atom is -0.476 e. The number of halogens is 3.